The molecular formula is C10H11N3O2. The summed E-state index contributed by atoms with van der Waals surface area (Å²) in [5.41, 5.74) is 7.01. The van der Waals surface area contributed by atoms with E-state index in [2.05, 4.69) is 9.97 Å². The summed E-state index contributed by atoms with van der Waals surface area (Å²) in [4.78, 5) is 27.7. The van der Waals surface area contributed by atoms with Crippen molar-refractivity contribution in [1.29, 1.82) is 0 Å². The van der Waals surface area contributed by atoms with Crippen molar-refractivity contribution in [1.82, 2.24) is 9.97 Å². The molecule has 1 atom stereocenters. The summed E-state index contributed by atoms with van der Waals surface area (Å²) in [6, 6.07) is 4.42. The van der Waals surface area contributed by atoms with Gasteiger partial charge in [0.2, 0.25) is 0 Å². The number of fused-ring (bicyclic) bond motifs is 1. The van der Waals surface area contributed by atoms with Crippen LogP contribution in [0.4, 0.5) is 0 Å². The van der Waals surface area contributed by atoms with E-state index in [1.807, 2.05) is 0 Å². The summed E-state index contributed by atoms with van der Waals surface area (Å²) in [7, 11) is 0. The second kappa shape index (κ2) is 3.36. The highest BCUT2D eigenvalue weighted by Gasteiger charge is 2.11. The number of benzene rings is 1. The SMILES string of the molecule is CC(N)C(=O)c1ccc2[nH]c(=O)[nH]c2c1. The van der Waals surface area contributed by atoms with Crippen LogP contribution in [0.5, 0.6) is 0 Å². The molecule has 1 aromatic heterocycles. The van der Waals surface area contributed by atoms with E-state index in [9.17, 15) is 9.59 Å². The number of ketones is 1. The van der Waals surface area contributed by atoms with E-state index in [1.165, 1.54) is 0 Å². The predicted molar refractivity (Wildman–Crippen MR) is 56.9 cm³/mol. The summed E-state index contributed by atoms with van der Waals surface area (Å²) in [5.74, 6) is -0.140. The normalized spacial score (nSPS) is 12.9. The first-order valence-electron chi connectivity index (χ1n) is 4.60. The molecule has 2 aromatic rings. The molecule has 0 amide bonds. The minimum Gasteiger partial charge on any atom is -0.321 e. The van der Waals surface area contributed by atoms with E-state index in [4.69, 9.17) is 5.73 Å². The highest BCUT2D eigenvalue weighted by Crippen LogP contribution is 2.11. The van der Waals surface area contributed by atoms with Gasteiger partial charge in [-0.1, -0.05) is 0 Å². The Morgan fingerprint density at radius 3 is 2.67 bits per heavy atom. The van der Waals surface area contributed by atoms with Crippen LogP contribution < -0.4 is 11.4 Å². The third kappa shape index (κ3) is 1.69. The number of hydrogen-bond acceptors (Lipinski definition) is 3. The highest BCUT2D eigenvalue weighted by atomic mass is 16.1. The number of carbonyl (C=O) groups is 1. The lowest BCUT2D eigenvalue weighted by Gasteiger charge is -2.03. The van der Waals surface area contributed by atoms with Gasteiger partial charge in [0.15, 0.2) is 5.78 Å². The van der Waals surface area contributed by atoms with Crippen molar-refractivity contribution in [2.24, 2.45) is 5.73 Å². The molecule has 78 valence electrons. The van der Waals surface area contributed by atoms with Gasteiger partial charge in [-0.25, -0.2) is 4.79 Å². The summed E-state index contributed by atoms with van der Waals surface area (Å²) in [6.45, 7) is 1.63. The highest BCUT2D eigenvalue weighted by molar-refractivity contribution is 6.01. The number of H-pyrrole nitrogens is 2. The van der Waals surface area contributed by atoms with Crippen molar-refractivity contribution in [2.75, 3.05) is 0 Å². The van der Waals surface area contributed by atoms with E-state index >= 15 is 0 Å². The monoisotopic (exact) mass is 205 g/mol. The van der Waals surface area contributed by atoms with Gasteiger partial charge in [0, 0.05) is 5.56 Å². The third-order valence-electron chi connectivity index (χ3n) is 2.21. The van der Waals surface area contributed by atoms with Gasteiger partial charge in [-0.3, -0.25) is 4.79 Å². The Bertz CT molecular complexity index is 565. The smallest absolute Gasteiger partial charge is 0.321 e. The van der Waals surface area contributed by atoms with E-state index in [-0.39, 0.29) is 11.5 Å². The predicted octanol–water partition coefficient (Wildman–Crippen LogP) is 0.386. The van der Waals surface area contributed by atoms with Crippen LogP contribution in [0.2, 0.25) is 0 Å². The molecule has 0 radical (unpaired) electrons. The van der Waals surface area contributed by atoms with Crippen molar-refractivity contribution in [3.63, 3.8) is 0 Å². The average molecular weight is 205 g/mol. The summed E-state index contributed by atoms with van der Waals surface area (Å²) < 4.78 is 0. The number of aromatic nitrogens is 2. The maximum atomic E-state index is 11.6. The Labute approximate surface area is 85.3 Å². The fourth-order valence-electron chi connectivity index (χ4n) is 1.45. The molecule has 1 heterocycles. The lowest BCUT2D eigenvalue weighted by molar-refractivity contribution is 0.0968. The van der Waals surface area contributed by atoms with Crippen LogP contribution in [-0.2, 0) is 0 Å². The molecular weight excluding hydrogens is 194 g/mol. The number of imidazole rings is 1. The first kappa shape index (κ1) is 9.67. The molecule has 0 aliphatic carbocycles. The maximum Gasteiger partial charge on any atom is 0.323 e. The minimum absolute atomic E-state index is 0.140. The van der Waals surface area contributed by atoms with Crippen LogP contribution in [0.1, 0.15) is 17.3 Å². The van der Waals surface area contributed by atoms with Crippen molar-refractivity contribution in [2.45, 2.75) is 13.0 Å². The lowest BCUT2D eigenvalue weighted by Crippen LogP contribution is -2.26. The fraction of sp³-hybridized carbons (Fsp3) is 0.200. The number of nitrogens with two attached hydrogens (primary N) is 1. The fourth-order valence-corrected chi connectivity index (χ4v) is 1.45. The molecule has 5 heteroatoms. The van der Waals surface area contributed by atoms with Crippen molar-refractivity contribution in [3.8, 4) is 0 Å². The van der Waals surface area contributed by atoms with E-state index in [0.717, 1.165) is 0 Å². The van der Waals surface area contributed by atoms with Gasteiger partial charge in [-0.15, -0.1) is 0 Å². The minimum atomic E-state index is -0.534. The molecule has 0 saturated carbocycles. The van der Waals surface area contributed by atoms with E-state index in [1.54, 1.807) is 25.1 Å². The molecule has 1 unspecified atom stereocenters. The Morgan fingerprint density at radius 2 is 2.00 bits per heavy atom. The summed E-state index contributed by atoms with van der Waals surface area (Å²) >= 11 is 0. The molecule has 2 rings (SSSR count). The van der Waals surface area contributed by atoms with Crippen LogP contribution in [0.25, 0.3) is 11.0 Å². The van der Waals surface area contributed by atoms with Crippen LogP contribution in [-0.4, -0.2) is 21.8 Å². The van der Waals surface area contributed by atoms with Crippen molar-refractivity contribution < 1.29 is 4.79 Å². The van der Waals surface area contributed by atoms with Crippen LogP contribution in [0, 0.1) is 0 Å². The van der Waals surface area contributed by atoms with Crippen LogP contribution >= 0.6 is 0 Å². The molecule has 1 aromatic carbocycles. The second-order valence-corrected chi connectivity index (χ2v) is 3.49. The molecule has 0 aliphatic rings. The number of Topliss-reactive ketones (excluding diaryl/α,β-unsaturated/α-hetero) is 1. The molecule has 15 heavy (non-hydrogen) atoms. The quantitative estimate of drug-likeness (QED) is 0.619. The number of aromatic amines is 2. The standard InChI is InChI=1S/C10H11N3O2/c1-5(11)9(14)6-2-3-7-8(4-6)13-10(15)12-7/h2-5H,11H2,1H3,(H2,12,13,15). The number of rotatable bonds is 2. The topological polar surface area (TPSA) is 91.7 Å². The van der Waals surface area contributed by atoms with Gasteiger partial charge >= 0.3 is 5.69 Å². The zero-order valence-corrected chi connectivity index (χ0v) is 8.20. The largest absolute Gasteiger partial charge is 0.323 e. The number of hydrogen-bond donors (Lipinski definition) is 3. The Kier molecular flexibility index (Phi) is 2.17. The summed E-state index contributed by atoms with van der Waals surface area (Å²) in [5, 5.41) is 0. The van der Waals surface area contributed by atoms with E-state index < -0.39 is 6.04 Å². The van der Waals surface area contributed by atoms with Gasteiger partial charge in [0.05, 0.1) is 17.1 Å². The molecule has 0 bridgehead atoms. The molecule has 4 N–H and O–H groups in total. The van der Waals surface area contributed by atoms with Gasteiger partial charge in [-0.05, 0) is 25.1 Å². The van der Waals surface area contributed by atoms with Crippen molar-refractivity contribution >= 4 is 16.8 Å². The third-order valence-corrected chi connectivity index (χ3v) is 2.21. The van der Waals surface area contributed by atoms with E-state index in [0.29, 0.717) is 16.6 Å². The Hall–Kier alpha value is -1.88. The molecule has 0 fully saturated rings. The first-order chi connectivity index (χ1) is 7.08. The molecule has 0 spiro atoms. The number of nitrogens with one attached hydrogen (secondary N) is 2. The zero-order valence-electron chi connectivity index (χ0n) is 8.20. The lowest BCUT2D eigenvalue weighted by atomic mass is 10.1. The van der Waals surface area contributed by atoms with Gasteiger partial charge in [0.1, 0.15) is 0 Å². The molecule has 5 nitrogen and oxygen atoms in total. The Morgan fingerprint density at radius 1 is 1.33 bits per heavy atom. The Balaban J connectivity index is 2.55. The van der Waals surface area contributed by atoms with Gasteiger partial charge < -0.3 is 15.7 Å². The van der Waals surface area contributed by atoms with Gasteiger partial charge in [-0.2, -0.15) is 0 Å². The van der Waals surface area contributed by atoms with Crippen LogP contribution in [0.15, 0.2) is 23.0 Å². The average Bonchev–Trinajstić information content (AvgIpc) is 2.55. The molecule has 0 aliphatic heterocycles. The zero-order chi connectivity index (χ0) is 11.0. The number of carbonyl (C=O) groups excluding carboxylic acids is 1. The van der Waals surface area contributed by atoms with Gasteiger partial charge in [0.25, 0.3) is 0 Å². The second-order valence-electron chi connectivity index (χ2n) is 3.49. The van der Waals surface area contributed by atoms with Crippen molar-refractivity contribution in [3.05, 3.63) is 34.2 Å². The first-order valence-corrected chi connectivity index (χ1v) is 4.60. The van der Waals surface area contributed by atoms with Crippen LogP contribution in [0.3, 0.4) is 0 Å². The molecule has 0 saturated heterocycles. The summed E-state index contributed by atoms with van der Waals surface area (Å²) in [6.07, 6.45) is 0. The maximum absolute atomic E-state index is 11.6.